The first-order valence-corrected chi connectivity index (χ1v) is 9.33. The van der Waals surface area contributed by atoms with E-state index in [2.05, 4.69) is 39.8 Å². The number of halogens is 2. The molecular weight excluding hydrogens is 365 g/mol. The minimum atomic E-state index is 0. The van der Waals surface area contributed by atoms with Crippen LogP contribution in [0.25, 0.3) is 0 Å². The van der Waals surface area contributed by atoms with Crippen LogP contribution in [0.1, 0.15) is 24.0 Å². The molecule has 1 amide bonds. The third-order valence-corrected chi connectivity index (χ3v) is 6.35. The fraction of sp³-hybridized carbons (Fsp3) is 0.588. The first kappa shape index (κ1) is 19.9. The van der Waals surface area contributed by atoms with Crippen LogP contribution >= 0.6 is 36.6 Å². The Morgan fingerprint density at radius 3 is 2.67 bits per heavy atom. The summed E-state index contributed by atoms with van der Waals surface area (Å²) in [5.41, 5.74) is 3.17. The molecule has 24 heavy (non-hydrogen) atoms. The highest BCUT2D eigenvalue weighted by Gasteiger charge is 2.41. The summed E-state index contributed by atoms with van der Waals surface area (Å²) in [7, 11) is 0. The largest absolute Gasteiger partial charge is 0.341 e. The molecule has 1 aromatic rings. The highest BCUT2D eigenvalue weighted by Crippen LogP contribution is 2.39. The lowest BCUT2D eigenvalue weighted by atomic mass is 9.69. The molecule has 2 N–H and O–H groups in total. The van der Waals surface area contributed by atoms with Crippen molar-refractivity contribution >= 4 is 42.5 Å². The number of likely N-dealkylation sites (tertiary alicyclic amines) is 1. The number of nitrogens with zero attached hydrogens (tertiary/aromatic N) is 1. The fourth-order valence-electron chi connectivity index (χ4n) is 4.10. The lowest BCUT2D eigenvalue weighted by molar-refractivity contribution is -0.134. The Morgan fingerprint density at radius 2 is 1.96 bits per heavy atom. The van der Waals surface area contributed by atoms with Crippen LogP contribution in [0.5, 0.6) is 0 Å². The number of hydrogen-bond acceptors (Lipinski definition) is 4. The number of carbonyl (C=O) groups is 1. The first-order valence-electron chi connectivity index (χ1n) is 8.18. The Morgan fingerprint density at radius 1 is 1.21 bits per heavy atom. The van der Waals surface area contributed by atoms with Gasteiger partial charge in [-0.1, -0.05) is 24.3 Å². The summed E-state index contributed by atoms with van der Waals surface area (Å²) in [4.78, 5) is 14.6. The summed E-state index contributed by atoms with van der Waals surface area (Å²) >= 11 is 1.82. The highest BCUT2D eigenvalue weighted by molar-refractivity contribution is 7.99. The number of fused-ring (bicyclic) bond motifs is 2. The third-order valence-electron chi connectivity index (χ3n) is 5.41. The molecule has 134 valence electrons. The van der Waals surface area contributed by atoms with Gasteiger partial charge in [0, 0.05) is 43.2 Å². The topological polar surface area (TPSA) is 44.4 Å². The van der Waals surface area contributed by atoms with Gasteiger partial charge in [-0.25, -0.2) is 0 Å². The molecule has 3 heterocycles. The smallest absolute Gasteiger partial charge is 0.240 e. The SMILES string of the molecule is Cl.Cl.O=C([C@@H]1CSCN1)N1CCC2(CC1)CNCc1ccccc12. The monoisotopic (exact) mass is 389 g/mol. The molecule has 0 aliphatic carbocycles. The summed E-state index contributed by atoms with van der Waals surface area (Å²) in [5, 5.41) is 6.88. The van der Waals surface area contributed by atoms with E-state index in [0.29, 0.717) is 5.91 Å². The van der Waals surface area contributed by atoms with Gasteiger partial charge in [0.05, 0.1) is 6.04 Å². The van der Waals surface area contributed by atoms with Crippen LogP contribution in [0.4, 0.5) is 0 Å². The zero-order chi connectivity index (χ0) is 15.0. The minimum absolute atomic E-state index is 0. The quantitative estimate of drug-likeness (QED) is 0.772. The van der Waals surface area contributed by atoms with Crippen LogP contribution in [-0.4, -0.2) is 48.1 Å². The van der Waals surface area contributed by atoms with E-state index in [4.69, 9.17) is 0 Å². The molecule has 4 nitrogen and oxygen atoms in total. The van der Waals surface area contributed by atoms with Crippen molar-refractivity contribution in [3.63, 3.8) is 0 Å². The van der Waals surface area contributed by atoms with Gasteiger partial charge in [-0.05, 0) is 24.0 Å². The molecule has 2 saturated heterocycles. The Kier molecular flexibility index (Phi) is 6.85. The van der Waals surface area contributed by atoms with Crippen LogP contribution in [0.15, 0.2) is 24.3 Å². The normalized spacial score (nSPS) is 24.7. The molecule has 3 aliphatic rings. The second kappa shape index (κ2) is 8.28. The van der Waals surface area contributed by atoms with Crippen LogP contribution in [-0.2, 0) is 16.8 Å². The lowest BCUT2D eigenvalue weighted by Crippen LogP contribution is -2.54. The summed E-state index contributed by atoms with van der Waals surface area (Å²) in [6.45, 7) is 3.79. The highest BCUT2D eigenvalue weighted by atomic mass is 35.5. The van der Waals surface area contributed by atoms with Crippen molar-refractivity contribution in [1.82, 2.24) is 15.5 Å². The van der Waals surface area contributed by atoms with Crippen molar-refractivity contribution in [3.8, 4) is 0 Å². The second-order valence-corrected chi connectivity index (χ2v) is 7.67. The predicted molar refractivity (Wildman–Crippen MR) is 104 cm³/mol. The second-order valence-electron chi connectivity index (χ2n) is 6.64. The maximum absolute atomic E-state index is 12.6. The average Bonchev–Trinajstić information content (AvgIpc) is 3.10. The molecule has 0 radical (unpaired) electrons. The van der Waals surface area contributed by atoms with Crippen LogP contribution < -0.4 is 10.6 Å². The van der Waals surface area contributed by atoms with Gasteiger partial charge in [-0.15, -0.1) is 36.6 Å². The lowest BCUT2D eigenvalue weighted by Gasteiger charge is -2.46. The minimum Gasteiger partial charge on any atom is -0.341 e. The maximum atomic E-state index is 12.6. The van der Waals surface area contributed by atoms with Gasteiger partial charge in [0.25, 0.3) is 0 Å². The standard InChI is InChI=1S/C17H23N3OS.2ClH/c21-16(15-10-22-12-19-15)20-7-5-17(6-8-20)11-18-9-13-3-1-2-4-14(13)17;;/h1-4,15,18-19H,5-12H2;2*1H/t15-;;/m0../s1. The van der Waals surface area contributed by atoms with Gasteiger partial charge in [0.1, 0.15) is 0 Å². The van der Waals surface area contributed by atoms with Gasteiger partial charge in [-0.3, -0.25) is 10.1 Å². The molecule has 0 aromatic heterocycles. The maximum Gasteiger partial charge on any atom is 0.240 e. The molecule has 0 saturated carbocycles. The van der Waals surface area contributed by atoms with E-state index in [0.717, 1.165) is 50.7 Å². The number of piperidine rings is 1. The fourth-order valence-corrected chi connectivity index (χ4v) is 5.03. The number of benzene rings is 1. The van der Waals surface area contributed by atoms with E-state index >= 15 is 0 Å². The van der Waals surface area contributed by atoms with E-state index < -0.39 is 0 Å². The third kappa shape index (κ3) is 3.56. The van der Waals surface area contributed by atoms with E-state index in [1.807, 2.05) is 11.8 Å². The van der Waals surface area contributed by atoms with E-state index in [1.54, 1.807) is 0 Å². The summed E-state index contributed by atoms with van der Waals surface area (Å²) in [6, 6.07) is 8.85. The van der Waals surface area contributed by atoms with Crippen LogP contribution in [0, 0.1) is 0 Å². The first-order chi connectivity index (χ1) is 10.8. The molecule has 2 fully saturated rings. The van der Waals surface area contributed by atoms with Gasteiger partial charge < -0.3 is 10.2 Å². The molecule has 1 spiro atoms. The van der Waals surface area contributed by atoms with Gasteiger partial charge in [0.2, 0.25) is 5.91 Å². The predicted octanol–water partition coefficient (Wildman–Crippen LogP) is 2.16. The van der Waals surface area contributed by atoms with Crippen molar-refractivity contribution in [2.75, 3.05) is 31.3 Å². The van der Waals surface area contributed by atoms with Crippen LogP contribution in [0.3, 0.4) is 0 Å². The van der Waals surface area contributed by atoms with Crippen molar-refractivity contribution in [2.24, 2.45) is 0 Å². The van der Waals surface area contributed by atoms with Crippen LogP contribution in [0.2, 0.25) is 0 Å². The summed E-state index contributed by atoms with van der Waals surface area (Å²) < 4.78 is 0. The van der Waals surface area contributed by atoms with Gasteiger partial charge >= 0.3 is 0 Å². The Labute approximate surface area is 160 Å². The Balaban J connectivity index is 0.00000104. The molecule has 4 rings (SSSR count). The Hall–Kier alpha value is -0.460. The summed E-state index contributed by atoms with van der Waals surface area (Å²) in [5.74, 6) is 2.13. The molecular formula is C17H25Cl2N3OS. The number of nitrogens with one attached hydrogen (secondary N) is 2. The van der Waals surface area contributed by atoms with Crippen molar-refractivity contribution in [2.45, 2.75) is 30.8 Å². The number of carbonyl (C=O) groups excluding carboxylic acids is 1. The number of thioether (sulfide) groups is 1. The Bertz CT molecular complexity index is 573. The molecule has 1 aromatic carbocycles. The van der Waals surface area contributed by atoms with Gasteiger partial charge in [-0.2, -0.15) is 0 Å². The zero-order valence-electron chi connectivity index (χ0n) is 13.6. The van der Waals surface area contributed by atoms with Gasteiger partial charge in [0.15, 0.2) is 0 Å². The average molecular weight is 390 g/mol. The zero-order valence-corrected chi connectivity index (χ0v) is 16.1. The molecule has 0 unspecified atom stereocenters. The van der Waals surface area contributed by atoms with Crippen molar-refractivity contribution < 1.29 is 4.79 Å². The van der Waals surface area contributed by atoms with Crippen molar-refractivity contribution in [1.29, 1.82) is 0 Å². The number of hydrogen-bond donors (Lipinski definition) is 2. The molecule has 3 aliphatic heterocycles. The van der Waals surface area contributed by atoms with E-state index in [-0.39, 0.29) is 36.3 Å². The van der Waals surface area contributed by atoms with E-state index in [1.165, 1.54) is 11.1 Å². The summed E-state index contributed by atoms with van der Waals surface area (Å²) in [6.07, 6.45) is 2.14. The molecule has 7 heteroatoms. The van der Waals surface area contributed by atoms with E-state index in [9.17, 15) is 4.79 Å². The van der Waals surface area contributed by atoms with Crippen molar-refractivity contribution in [3.05, 3.63) is 35.4 Å². The molecule has 0 bridgehead atoms. The number of amides is 1. The number of rotatable bonds is 1. The molecule has 1 atom stereocenters.